The lowest BCUT2D eigenvalue weighted by molar-refractivity contribution is 0.713. The molecule has 0 bridgehead atoms. The van der Waals surface area contributed by atoms with Crippen molar-refractivity contribution in [2.45, 2.75) is 32.1 Å². The number of rotatable bonds is 1. The number of pyridine rings is 1. The van der Waals surface area contributed by atoms with Gasteiger partial charge in [0.15, 0.2) is 11.5 Å². The zero-order valence-corrected chi connectivity index (χ0v) is 15.9. The second-order valence-corrected chi connectivity index (χ2v) is 8.37. The van der Waals surface area contributed by atoms with Crippen LogP contribution in [0.4, 0.5) is 0 Å². The molecule has 0 saturated heterocycles. The number of hydrogen-bond acceptors (Lipinski definition) is 5. The Balaban J connectivity index is 1.65. The van der Waals surface area contributed by atoms with E-state index in [1.54, 1.807) is 28.2 Å². The minimum absolute atomic E-state index is 0.153. The fraction of sp³-hybridized carbons (Fsp3) is 0.238. The van der Waals surface area contributed by atoms with Crippen molar-refractivity contribution in [2.75, 3.05) is 0 Å². The molecule has 0 atom stereocenters. The molecule has 138 valence electrons. The topological polar surface area (TPSA) is 75.9 Å². The van der Waals surface area contributed by atoms with Gasteiger partial charge in [-0.3, -0.25) is 4.79 Å². The maximum atomic E-state index is 12.2. The molecule has 7 heteroatoms. The van der Waals surface area contributed by atoms with Crippen LogP contribution < -0.4 is 5.56 Å². The first-order chi connectivity index (χ1) is 13.8. The van der Waals surface area contributed by atoms with Gasteiger partial charge in [-0.05, 0) is 37.3 Å². The molecule has 1 N–H and O–H groups in total. The van der Waals surface area contributed by atoms with E-state index in [1.165, 1.54) is 29.7 Å². The van der Waals surface area contributed by atoms with Gasteiger partial charge in [-0.15, -0.1) is 16.4 Å². The minimum Gasteiger partial charge on any atom is -0.322 e. The first-order valence-electron chi connectivity index (χ1n) is 9.56. The molecule has 1 aromatic carbocycles. The first kappa shape index (κ1) is 15.9. The Labute approximate surface area is 163 Å². The third-order valence-corrected chi connectivity index (χ3v) is 6.73. The van der Waals surface area contributed by atoms with E-state index in [0.717, 1.165) is 45.2 Å². The fourth-order valence-corrected chi connectivity index (χ4v) is 5.46. The van der Waals surface area contributed by atoms with Crippen LogP contribution in [-0.2, 0) is 12.8 Å². The molecule has 6 nitrogen and oxygen atoms in total. The molecular weight excluding hydrogens is 370 g/mol. The van der Waals surface area contributed by atoms with Crippen molar-refractivity contribution in [1.29, 1.82) is 0 Å². The van der Waals surface area contributed by atoms with Crippen LogP contribution in [0.5, 0.6) is 0 Å². The lowest BCUT2D eigenvalue weighted by atomic mass is 10.1. The highest BCUT2D eigenvalue weighted by molar-refractivity contribution is 7.19. The van der Waals surface area contributed by atoms with Crippen LogP contribution in [0.3, 0.4) is 0 Å². The summed E-state index contributed by atoms with van der Waals surface area (Å²) in [7, 11) is 0. The average molecular weight is 387 g/mol. The standard InChI is InChI=1S/C21H17N5OS/c27-17-10-14(12-6-4-5-8-15(12)23-17)19-24-20-18-13-7-2-1-3-9-16(13)28-21(18)22-11-26(20)25-19/h4-6,8,10-11H,1-3,7,9H2,(H,23,27). The quantitative estimate of drug-likeness (QED) is 0.439. The molecule has 0 unspecified atom stereocenters. The van der Waals surface area contributed by atoms with Crippen molar-refractivity contribution in [1.82, 2.24) is 24.6 Å². The molecule has 1 aliphatic rings. The Morgan fingerprint density at radius 3 is 2.96 bits per heavy atom. The summed E-state index contributed by atoms with van der Waals surface area (Å²) in [6.07, 6.45) is 7.66. The van der Waals surface area contributed by atoms with Gasteiger partial charge in [-0.25, -0.2) is 14.5 Å². The average Bonchev–Trinajstić information content (AvgIpc) is 3.21. The Hall–Kier alpha value is -3.06. The van der Waals surface area contributed by atoms with E-state index in [2.05, 4.69) is 15.1 Å². The molecule has 0 radical (unpaired) electrons. The number of para-hydroxylation sites is 1. The van der Waals surface area contributed by atoms with Crippen LogP contribution in [0.15, 0.2) is 41.5 Å². The number of aryl methyl sites for hydroxylation is 2. The van der Waals surface area contributed by atoms with Crippen molar-refractivity contribution < 1.29 is 0 Å². The predicted molar refractivity (Wildman–Crippen MR) is 111 cm³/mol. The number of hydrogen-bond donors (Lipinski definition) is 1. The Bertz CT molecular complexity index is 1430. The summed E-state index contributed by atoms with van der Waals surface area (Å²) in [6.45, 7) is 0. The number of benzene rings is 1. The molecule has 4 heterocycles. The summed E-state index contributed by atoms with van der Waals surface area (Å²) in [6, 6.07) is 9.33. The largest absolute Gasteiger partial charge is 0.322 e. The number of H-pyrrole nitrogens is 1. The van der Waals surface area contributed by atoms with E-state index < -0.39 is 0 Å². The number of nitrogens with one attached hydrogen (secondary N) is 1. The molecule has 1 aliphatic carbocycles. The maximum Gasteiger partial charge on any atom is 0.249 e. The Morgan fingerprint density at radius 1 is 1.11 bits per heavy atom. The van der Waals surface area contributed by atoms with Gasteiger partial charge in [0.25, 0.3) is 0 Å². The summed E-state index contributed by atoms with van der Waals surface area (Å²) in [4.78, 5) is 27.0. The normalized spacial score (nSPS) is 14.6. The van der Waals surface area contributed by atoms with Crippen molar-refractivity contribution >= 4 is 38.1 Å². The zero-order chi connectivity index (χ0) is 18.7. The summed E-state index contributed by atoms with van der Waals surface area (Å²) < 4.78 is 1.76. The van der Waals surface area contributed by atoms with Gasteiger partial charge < -0.3 is 4.98 Å². The van der Waals surface area contributed by atoms with Crippen LogP contribution in [0.1, 0.15) is 29.7 Å². The first-order valence-corrected chi connectivity index (χ1v) is 10.4. The van der Waals surface area contributed by atoms with Gasteiger partial charge in [0.1, 0.15) is 11.2 Å². The van der Waals surface area contributed by atoms with Crippen molar-refractivity contribution in [2.24, 2.45) is 0 Å². The van der Waals surface area contributed by atoms with Crippen LogP contribution in [0.2, 0.25) is 0 Å². The van der Waals surface area contributed by atoms with E-state index in [9.17, 15) is 4.79 Å². The Kier molecular flexibility index (Phi) is 3.40. The van der Waals surface area contributed by atoms with Crippen LogP contribution in [0.25, 0.3) is 38.2 Å². The van der Waals surface area contributed by atoms with Gasteiger partial charge in [0, 0.05) is 27.4 Å². The number of aromatic amines is 1. The van der Waals surface area contributed by atoms with E-state index in [1.807, 2.05) is 24.3 Å². The Morgan fingerprint density at radius 2 is 2.00 bits per heavy atom. The second kappa shape index (κ2) is 5.97. The predicted octanol–water partition coefficient (Wildman–Crippen LogP) is 4.12. The van der Waals surface area contributed by atoms with Gasteiger partial charge in [0.2, 0.25) is 5.56 Å². The molecule has 0 amide bonds. The van der Waals surface area contributed by atoms with E-state index >= 15 is 0 Å². The zero-order valence-electron chi connectivity index (χ0n) is 15.1. The number of fused-ring (bicyclic) bond motifs is 6. The van der Waals surface area contributed by atoms with E-state index in [-0.39, 0.29) is 5.56 Å². The van der Waals surface area contributed by atoms with Crippen molar-refractivity contribution in [3.8, 4) is 11.4 Å². The summed E-state index contributed by atoms with van der Waals surface area (Å²) >= 11 is 1.79. The van der Waals surface area contributed by atoms with Crippen molar-refractivity contribution in [3.05, 3.63) is 57.5 Å². The smallest absolute Gasteiger partial charge is 0.249 e. The number of thiophene rings is 1. The molecular formula is C21H17N5OS. The fourth-order valence-electron chi connectivity index (χ4n) is 4.23. The lowest BCUT2D eigenvalue weighted by Gasteiger charge is -2.01. The molecule has 6 rings (SSSR count). The van der Waals surface area contributed by atoms with Gasteiger partial charge in [-0.2, -0.15) is 0 Å². The van der Waals surface area contributed by atoms with Gasteiger partial charge >= 0.3 is 0 Å². The molecule has 4 aromatic heterocycles. The highest BCUT2D eigenvalue weighted by atomic mass is 32.1. The third kappa shape index (κ3) is 2.32. The van der Waals surface area contributed by atoms with Crippen LogP contribution in [0, 0.1) is 0 Å². The molecule has 28 heavy (non-hydrogen) atoms. The maximum absolute atomic E-state index is 12.2. The van der Waals surface area contributed by atoms with Crippen LogP contribution in [-0.4, -0.2) is 24.6 Å². The van der Waals surface area contributed by atoms with Gasteiger partial charge in [-0.1, -0.05) is 24.6 Å². The molecule has 0 aliphatic heterocycles. The van der Waals surface area contributed by atoms with Crippen molar-refractivity contribution in [3.63, 3.8) is 0 Å². The summed E-state index contributed by atoms with van der Waals surface area (Å²) in [5, 5.41) is 6.74. The lowest BCUT2D eigenvalue weighted by Crippen LogP contribution is -2.05. The van der Waals surface area contributed by atoms with Gasteiger partial charge in [0.05, 0.1) is 5.39 Å². The third-order valence-electron chi connectivity index (χ3n) is 5.53. The highest BCUT2D eigenvalue weighted by Crippen LogP contribution is 2.37. The van der Waals surface area contributed by atoms with E-state index in [4.69, 9.17) is 4.98 Å². The molecule has 0 fully saturated rings. The molecule has 0 spiro atoms. The molecule has 0 saturated carbocycles. The number of aromatic nitrogens is 5. The summed E-state index contributed by atoms with van der Waals surface area (Å²) in [5.41, 5.74) is 3.61. The van der Waals surface area contributed by atoms with E-state index in [0.29, 0.717) is 5.82 Å². The number of nitrogens with zero attached hydrogens (tertiary/aromatic N) is 4. The van der Waals surface area contributed by atoms with Crippen LogP contribution >= 0.6 is 11.3 Å². The SMILES string of the molecule is O=c1cc(-c2nc3c4c5c(sc4ncn3n2)CCCCC5)c2ccccc2[nH]1. The monoisotopic (exact) mass is 387 g/mol. The molecule has 5 aromatic rings. The highest BCUT2D eigenvalue weighted by Gasteiger charge is 2.21. The summed E-state index contributed by atoms with van der Waals surface area (Å²) in [5.74, 6) is 0.560. The minimum atomic E-state index is -0.153. The second-order valence-electron chi connectivity index (χ2n) is 7.29.